The van der Waals surface area contributed by atoms with Crippen molar-refractivity contribution in [1.29, 1.82) is 0 Å². The van der Waals surface area contributed by atoms with E-state index in [1.54, 1.807) is 0 Å². The van der Waals surface area contributed by atoms with Crippen LogP contribution < -0.4 is 5.73 Å². The summed E-state index contributed by atoms with van der Waals surface area (Å²) in [6.07, 6.45) is 3.83. The summed E-state index contributed by atoms with van der Waals surface area (Å²) in [6, 6.07) is -0.116. The van der Waals surface area contributed by atoms with Crippen molar-refractivity contribution in [3.05, 3.63) is 0 Å². The molecule has 4 heteroatoms. The van der Waals surface area contributed by atoms with Crippen molar-refractivity contribution in [1.82, 2.24) is 0 Å². The molecule has 1 saturated carbocycles. The molecule has 0 aromatic heterocycles. The van der Waals surface area contributed by atoms with E-state index in [4.69, 9.17) is 5.73 Å². The first-order valence-corrected chi connectivity index (χ1v) is 5.42. The van der Waals surface area contributed by atoms with Gasteiger partial charge in [-0.1, -0.05) is 6.42 Å². The molecule has 10 heavy (non-hydrogen) atoms. The van der Waals surface area contributed by atoms with Gasteiger partial charge in [-0.2, -0.15) is 0 Å². The summed E-state index contributed by atoms with van der Waals surface area (Å²) in [6.45, 7) is 0. The van der Waals surface area contributed by atoms with Crippen LogP contribution in [-0.2, 0) is 9.84 Å². The Labute approximate surface area is 61.5 Å². The van der Waals surface area contributed by atoms with E-state index in [-0.39, 0.29) is 11.3 Å². The third kappa shape index (κ3) is 1.49. The molecular formula is C6H13NO2S. The number of sulfone groups is 1. The summed E-state index contributed by atoms with van der Waals surface area (Å²) in [5.41, 5.74) is 5.59. The average Bonchev–Trinajstić information content (AvgIpc) is 2.11. The minimum atomic E-state index is -2.88. The monoisotopic (exact) mass is 163 g/mol. The van der Waals surface area contributed by atoms with Crippen molar-refractivity contribution in [2.24, 2.45) is 5.73 Å². The highest BCUT2D eigenvalue weighted by atomic mass is 32.2. The van der Waals surface area contributed by atoms with Gasteiger partial charge in [0.2, 0.25) is 0 Å². The van der Waals surface area contributed by atoms with Gasteiger partial charge in [-0.25, -0.2) is 8.42 Å². The summed E-state index contributed by atoms with van der Waals surface area (Å²) in [5.74, 6) is 0. The standard InChI is InChI=1S/C6H13NO2S/c1-10(8,9)6-4-2-3-5(6)7/h5-6H,2-4,7H2,1H3/t5-,6-/m0/s1. The van der Waals surface area contributed by atoms with Crippen LogP contribution in [0.25, 0.3) is 0 Å². The number of nitrogens with two attached hydrogens (primary N) is 1. The second-order valence-corrected chi connectivity index (χ2v) is 5.23. The van der Waals surface area contributed by atoms with Crippen LogP contribution in [0.1, 0.15) is 19.3 Å². The van der Waals surface area contributed by atoms with Crippen molar-refractivity contribution < 1.29 is 8.42 Å². The zero-order valence-corrected chi connectivity index (χ0v) is 6.89. The molecule has 0 aromatic rings. The molecule has 1 aliphatic carbocycles. The fourth-order valence-corrected chi connectivity index (χ4v) is 2.85. The van der Waals surface area contributed by atoms with Crippen LogP contribution in [0.15, 0.2) is 0 Å². The molecule has 0 aliphatic heterocycles. The minimum absolute atomic E-state index is 0.116. The number of hydrogen-bond donors (Lipinski definition) is 1. The Balaban J connectivity index is 2.74. The molecule has 1 rings (SSSR count). The van der Waals surface area contributed by atoms with Crippen molar-refractivity contribution in [2.45, 2.75) is 30.6 Å². The lowest BCUT2D eigenvalue weighted by molar-refractivity contribution is 0.574. The third-order valence-corrected chi connectivity index (χ3v) is 3.74. The van der Waals surface area contributed by atoms with Gasteiger partial charge in [0.15, 0.2) is 9.84 Å². The number of hydrogen-bond acceptors (Lipinski definition) is 3. The van der Waals surface area contributed by atoms with Gasteiger partial charge < -0.3 is 5.73 Å². The van der Waals surface area contributed by atoms with E-state index in [0.29, 0.717) is 0 Å². The first kappa shape index (κ1) is 8.01. The van der Waals surface area contributed by atoms with Crippen LogP contribution in [-0.4, -0.2) is 26.0 Å². The van der Waals surface area contributed by atoms with Crippen LogP contribution in [0.3, 0.4) is 0 Å². The third-order valence-electron chi connectivity index (χ3n) is 2.05. The second kappa shape index (κ2) is 2.51. The summed E-state index contributed by atoms with van der Waals surface area (Å²) in [5, 5.41) is -0.271. The van der Waals surface area contributed by atoms with Gasteiger partial charge in [0.25, 0.3) is 0 Å². The predicted octanol–water partition coefficient (Wildman–Crippen LogP) is -0.0892. The van der Waals surface area contributed by atoms with Crippen LogP contribution in [0.4, 0.5) is 0 Å². The highest BCUT2D eigenvalue weighted by molar-refractivity contribution is 7.91. The van der Waals surface area contributed by atoms with Gasteiger partial charge in [-0.05, 0) is 12.8 Å². The van der Waals surface area contributed by atoms with Crippen LogP contribution in [0.5, 0.6) is 0 Å². The molecule has 0 saturated heterocycles. The van der Waals surface area contributed by atoms with Crippen LogP contribution in [0, 0.1) is 0 Å². The molecule has 0 unspecified atom stereocenters. The molecule has 0 aromatic carbocycles. The van der Waals surface area contributed by atoms with Crippen molar-refractivity contribution in [3.63, 3.8) is 0 Å². The summed E-state index contributed by atoms with van der Waals surface area (Å²) in [4.78, 5) is 0. The second-order valence-electron chi connectivity index (χ2n) is 2.96. The van der Waals surface area contributed by atoms with Crippen molar-refractivity contribution in [3.8, 4) is 0 Å². The number of rotatable bonds is 1. The lowest BCUT2D eigenvalue weighted by atomic mass is 10.3. The van der Waals surface area contributed by atoms with E-state index in [9.17, 15) is 8.42 Å². The summed E-state index contributed by atoms with van der Waals surface area (Å²) < 4.78 is 21.9. The smallest absolute Gasteiger partial charge is 0.151 e. The van der Waals surface area contributed by atoms with E-state index < -0.39 is 9.84 Å². The van der Waals surface area contributed by atoms with Gasteiger partial charge in [-0.15, -0.1) is 0 Å². The Hall–Kier alpha value is -0.0900. The van der Waals surface area contributed by atoms with Crippen LogP contribution in [0.2, 0.25) is 0 Å². The van der Waals surface area contributed by atoms with Gasteiger partial charge in [0.1, 0.15) is 0 Å². The van der Waals surface area contributed by atoms with Gasteiger partial charge >= 0.3 is 0 Å². The molecule has 0 heterocycles. The minimum Gasteiger partial charge on any atom is -0.327 e. The summed E-state index contributed by atoms with van der Waals surface area (Å²) >= 11 is 0. The quantitative estimate of drug-likeness (QED) is 0.587. The van der Waals surface area contributed by atoms with Crippen LogP contribution >= 0.6 is 0 Å². The Morgan fingerprint density at radius 3 is 2.20 bits per heavy atom. The van der Waals surface area contributed by atoms with Crippen molar-refractivity contribution >= 4 is 9.84 Å². The topological polar surface area (TPSA) is 60.2 Å². The lowest BCUT2D eigenvalue weighted by Gasteiger charge is -2.11. The molecule has 0 spiro atoms. The van der Waals surface area contributed by atoms with E-state index in [1.807, 2.05) is 0 Å². The highest BCUT2D eigenvalue weighted by Gasteiger charge is 2.31. The zero-order chi connectivity index (χ0) is 7.78. The zero-order valence-electron chi connectivity index (χ0n) is 6.08. The molecule has 1 fully saturated rings. The molecular weight excluding hydrogens is 150 g/mol. The van der Waals surface area contributed by atoms with E-state index in [2.05, 4.69) is 0 Å². The normalized spacial score (nSPS) is 34.6. The van der Waals surface area contributed by atoms with E-state index in [0.717, 1.165) is 19.3 Å². The Morgan fingerprint density at radius 1 is 1.40 bits per heavy atom. The molecule has 0 amide bonds. The maximum Gasteiger partial charge on any atom is 0.151 e. The Morgan fingerprint density at radius 2 is 2.00 bits per heavy atom. The molecule has 1 aliphatic rings. The molecule has 0 radical (unpaired) electrons. The first-order valence-electron chi connectivity index (χ1n) is 3.46. The van der Waals surface area contributed by atoms with Gasteiger partial charge in [0, 0.05) is 12.3 Å². The van der Waals surface area contributed by atoms with E-state index in [1.165, 1.54) is 6.26 Å². The molecule has 3 nitrogen and oxygen atoms in total. The molecule has 0 bridgehead atoms. The molecule has 2 N–H and O–H groups in total. The predicted molar refractivity (Wildman–Crippen MR) is 40.5 cm³/mol. The van der Waals surface area contributed by atoms with Gasteiger partial charge in [-0.3, -0.25) is 0 Å². The fourth-order valence-electron chi connectivity index (χ4n) is 1.49. The maximum atomic E-state index is 11.0. The maximum absolute atomic E-state index is 11.0. The molecule has 2 atom stereocenters. The Bertz CT molecular complexity index is 210. The van der Waals surface area contributed by atoms with E-state index >= 15 is 0 Å². The fraction of sp³-hybridized carbons (Fsp3) is 1.00. The van der Waals surface area contributed by atoms with Gasteiger partial charge in [0.05, 0.1) is 5.25 Å². The lowest BCUT2D eigenvalue weighted by Crippen LogP contribution is -2.34. The average molecular weight is 163 g/mol. The highest BCUT2D eigenvalue weighted by Crippen LogP contribution is 2.22. The van der Waals surface area contributed by atoms with Crippen molar-refractivity contribution in [2.75, 3.05) is 6.26 Å². The first-order chi connectivity index (χ1) is 4.52. The Kier molecular flexibility index (Phi) is 2.01. The largest absolute Gasteiger partial charge is 0.327 e. The molecule has 60 valence electrons. The summed E-state index contributed by atoms with van der Waals surface area (Å²) in [7, 11) is -2.88. The SMILES string of the molecule is CS(=O)(=O)[C@H]1CCC[C@@H]1N.